The van der Waals surface area contributed by atoms with Crippen LogP contribution in [0.3, 0.4) is 0 Å². The molecule has 0 unspecified atom stereocenters. The largest absolute Gasteiger partial charge is 0.184 e. The molecule has 0 saturated heterocycles. The van der Waals surface area contributed by atoms with Gasteiger partial charge in [-0.05, 0) is 48.6 Å². The average Bonchev–Trinajstić information content (AvgIpc) is 3.96. The number of hydrogen-bond donors (Lipinski definition) is 0. The van der Waals surface area contributed by atoms with Crippen LogP contribution in [0.1, 0.15) is 76.6 Å². The van der Waals surface area contributed by atoms with Crippen molar-refractivity contribution in [2.75, 3.05) is 0 Å². The molecule has 0 fully saturated rings. The molecule has 1 aliphatic rings. The fraction of sp³-hybridized carbons (Fsp3) is 0.250. The monoisotopic (exact) mass is 917 g/mol. The van der Waals surface area contributed by atoms with Crippen LogP contribution in [0.2, 0.25) is 0 Å². The maximum atomic E-state index is 4.93. The molecule has 0 spiro atoms. The first-order chi connectivity index (χ1) is 29.2. The summed E-state index contributed by atoms with van der Waals surface area (Å²) in [5, 5.41) is 8.44. The van der Waals surface area contributed by atoms with Crippen molar-refractivity contribution in [2.24, 2.45) is 11.8 Å². The number of aryl methyl sites for hydroxylation is 2. The number of hydrogen-bond acceptors (Lipinski definition) is 0. The zero-order chi connectivity index (χ0) is 42.4. The third-order valence-electron chi connectivity index (χ3n) is 10.9. The van der Waals surface area contributed by atoms with Gasteiger partial charge in [-0.25, -0.2) is 0 Å². The van der Waals surface area contributed by atoms with Crippen molar-refractivity contribution in [3.05, 3.63) is 180 Å². The van der Waals surface area contributed by atoms with Crippen LogP contribution in [0.5, 0.6) is 0 Å². The number of rotatable bonds is 10. The molecule has 0 bridgehead atoms. The van der Waals surface area contributed by atoms with Crippen molar-refractivity contribution >= 4 is 58.5 Å². The van der Waals surface area contributed by atoms with Gasteiger partial charge >= 0.3 is 37.9 Å². The van der Waals surface area contributed by atoms with Gasteiger partial charge in [0.1, 0.15) is 0 Å². The quantitative estimate of drug-likeness (QED) is 0.0947. The summed E-state index contributed by atoms with van der Waals surface area (Å²) in [6, 6.07) is 58.7. The van der Waals surface area contributed by atoms with Crippen molar-refractivity contribution in [3.8, 4) is 33.4 Å². The molecule has 0 saturated carbocycles. The predicted molar refractivity (Wildman–Crippen MR) is 262 cm³/mol. The van der Waals surface area contributed by atoms with Gasteiger partial charge in [0.05, 0.1) is 9.52 Å². The van der Waals surface area contributed by atoms with E-state index in [0.717, 1.165) is 35.2 Å². The maximum Gasteiger partial charge on any atom is 0.0920 e. The second-order valence-electron chi connectivity index (χ2n) is 16.6. The molecular weight excluding hydrogens is 863 g/mol. The van der Waals surface area contributed by atoms with Crippen LogP contribution in [-0.4, -0.2) is 9.52 Å². The van der Waals surface area contributed by atoms with E-state index in [4.69, 9.17) is 17.0 Å². The molecule has 0 aromatic heterocycles. The fourth-order valence-corrected chi connectivity index (χ4v) is 9.84. The second kappa shape index (κ2) is 22.9. The molecule has 4 heteroatoms. The average molecular weight is 920 g/mol. The Morgan fingerprint density at radius 1 is 0.567 bits per heavy atom. The predicted octanol–water partition coefficient (Wildman–Crippen LogP) is 15.3. The molecular formula is C56H57Cl2SiZr-3. The van der Waals surface area contributed by atoms with Crippen molar-refractivity contribution in [1.82, 2.24) is 0 Å². The molecule has 8 aromatic carbocycles. The van der Waals surface area contributed by atoms with Crippen LogP contribution >= 0.6 is 17.0 Å². The Morgan fingerprint density at radius 3 is 1.48 bits per heavy atom. The first-order valence-corrected chi connectivity index (χ1v) is 28.9. The van der Waals surface area contributed by atoms with E-state index >= 15 is 0 Å². The molecule has 306 valence electrons. The molecule has 9 rings (SSSR count). The van der Waals surface area contributed by atoms with E-state index in [1.165, 1.54) is 100 Å². The third-order valence-corrected chi connectivity index (χ3v) is 12.2. The van der Waals surface area contributed by atoms with E-state index in [0.29, 0.717) is 11.8 Å². The van der Waals surface area contributed by atoms with Gasteiger partial charge in [-0.2, -0.15) is 41.6 Å². The van der Waals surface area contributed by atoms with Crippen LogP contribution < -0.4 is 10.4 Å². The molecule has 0 aliphatic carbocycles. The van der Waals surface area contributed by atoms with Gasteiger partial charge in [0.2, 0.25) is 0 Å². The molecule has 8 aromatic rings. The van der Waals surface area contributed by atoms with Gasteiger partial charge in [-0.3, -0.25) is 0 Å². The Balaban J connectivity index is 0.000000150. The van der Waals surface area contributed by atoms with Crippen LogP contribution in [0.25, 0.3) is 54.9 Å². The number of halogens is 2. The summed E-state index contributed by atoms with van der Waals surface area (Å²) in [6.07, 6.45) is 6.98. The minimum atomic E-state index is -0.826. The van der Waals surface area contributed by atoms with Gasteiger partial charge in [0.15, 0.2) is 0 Å². The van der Waals surface area contributed by atoms with Gasteiger partial charge in [-0.15, -0.1) is 74.6 Å². The van der Waals surface area contributed by atoms with E-state index < -0.39 is 20.8 Å². The van der Waals surface area contributed by atoms with Crippen molar-refractivity contribution in [2.45, 2.75) is 80.1 Å². The maximum absolute atomic E-state index is 4.93. The zero-order valence-electron chi connectivity index (χ0n) is 36.1. The van der Waals surface area contributed by atoms with Crippen LogP contribution in [-0.2, 0) is 46.5 Å². The molecule has 0 N–H and O–H groups in total. The second-order valence-corrected chi connectivity index (χ2v) is 21.6. The van der Waals surface area contributed by atoms with Gasteiger partial charge in [-0.1, -0.05) is 172 Å². The Bertz CT molecular complexity index is 2370. The zero-order valence-corrected chi connectivity index (χ0v) is 41.1. The number of fused-ring (bicyclic) bond motifs is 5. The van der Waals surface area contributed by atoms with Gasteiger partial charge < -0.3 is 0 Å². The molecule has 0 atom stereocenters. The molecule has 60 heavy (non-hydrogen) atoms. The summed E-state index contributed by atoms with van der Waals surface area (Å²) in [6.45, 7) is 13.7. The van der Waals surface area contributed by atoms with Gasteiger partial charge in [0, 0.05) is 0 Å². The topological polar surface area (TPSA) is 0 Å². The fourth-order valence-electron chi connectivity index (χ4n) is 8.53. The minimum absolute atomic E-state index is 0.701. The molecule has 1 aliphatic heterocycles. The van der Waals surface area contributed by atoms with E-state index in [-0.39, 0.29) is 0 Å². The van der Waals surface area contributed by atoms with Crippen molar-refractivity contribution < 1.29 is 20.8 Å². The molecule has 2 radical (unpaired) electrons. The normalized spacial score (nSPS) is 11.3. The smallest absolute Gasteiger partial charge is 0.0920 e. The van der Waals surface area contributed by atoms with Gasteiger partial charge in [0.25, 0.3) is 0 Å². The summed E-state index contributed by atoms with van der Waals surface area (Å²) in [4.78, 5) is 0. The molecule has 1 heterocycles. The SMILES string of the molecule is CCCc1ccc2[cH-]c(CC(C)C)cc2c1-c1ccccc1.CCCc1ccc2[cH-]c(CC(C)C)cc2c1-c1ccccc1.[Cl][Zr][Cl].[c-]1cccc2c1[Si]c1ccccc1-2. The summed E-state index contributed by atoms with van der Waals surface area (Å²) < 4.78 is 0. The van der Waals surface area contributed by atoms with E-state index in [1.807, 2.05) is 6.07 Å². The summed E-state index contributed by atoms with van der Waals surface area (Å²) in [5.74, 6) is 1.40. The van der Waals surface area contributed by atoms with E-state index in [9.17, 15) is 0 Å². The van der Waals surface area contributed by atoms with Crippen LogP contribution in [0.4, 0.5) is 0 Å². The molecule has 0 nitrogen and oxygen atoms in total. The number of benzene rings is 6. The summed E-state index contributed by atoms with van der Waals surface area (Å²) in [5.41, 5.74) is 14.2. The Labute approximate surface area is 381 Å². The van der Waals surface area contributed by atoms with Crippen molar-refractivity contribution in [3.63, 3.8) is 0 Å². The Morgan fingerprint density at radius 2 is 1.02 bits per heavy atom. The molecule has 0 amide bonds. The van der Waals surface area contributed by atoms with E-state index in [2.05, 4.69) is 193 Å². The minimum Gasteiger partial charge on any atom is -0.184 e. The van der Waals surface area contributed by atoms with Crippen molar-refractivity contribution in [1.29, 1.82) is 0 Å². The van der Waals surface area contributed by atoms with Crippen LogP contribution in [0.15, 0.2) is 152 Å². The summed E-state index contributed by atoms with van der Waals surface area (Å²) >= 11 is -0.826. The van der Waals surface area contributed by atoms with E-state index in [1.54, 1.807) is 0 Å². The first-order valence-electron chi connectivity index (χ1n) is 21.6. The standard InChI is InChI=1S/2C22H25.C12H7Si.2ClH.Zr/c2*1-4-8-18-11-12-20-14-17(13-16(2)3)15-21(20)22(18)19-9-6-5-7-10-19;1-3-7-11-9(5-1)10-6-2-4-8-12(10)13-11;;;/h2*5-7,9-12,14-16H,4,8,13H2,1-3H3;1-7H;2*1H;/q3*-1;;;+2/p-2. The Kier molecular flexibility index (Phi) is 17.4. The first kappa shape index (κ1) is 45.7. The summed E-state index contributed by atoms with van der Waals surface area (Å²) in [7, 11) is 10.7. The Hall–Kier alpha value is -3.78. The van der Waals surface area contributed by atoms with Crippen LogP contribution in [0, 0.1) is 17.9 Å². The third kappa shape index (κ3) is 11.8.